The topological polar surface area (TPSA) is 169 Å². The van der Waals surface area contributed by atoms with E-state index in [1.165, 1.54) is 0 Å². The van der Waals surface area contributed by atoms with Crippen LogP contribution in [0.5, 0.6) is 0 Å². The van der Waals surface area contributed by atoms with E-state index < -0.39 is 15.0 Å². The predicted octanol–water partition coefficient (Wildman–Crippen LogP) is 3.87. The smallest absolute Gasteiger partial charge is 0.194 e. The van der Waals surface area contributed by atoms with Gasteiger partial charge in [0.25, 0.3) is 0 Å². The van der Waals surface area contributed by atoms with Crippen LogP contribution in [0, 0.1) is 17.0 Å². The number of aryl methyl sites for hydroxylation is 1. The molecule has 0 saturated heterocycles. The first-order chi connectivity index (χ1) is 14.0. The molecule has 1 heterocycles. The lowest BCUT2D eigenvalue weighted by Crippen LogP contribution is -2.01. The molecular formula is C19H25N6O5S-. The van der Waals surface area contributed by atoms with Gasteiger partial charge in [-0.05, 0) is 31.2 Å². The second-order valence-electron chi connectivity index (χ2n) is 5.75. The molecule has 0 bridgehead atoms. The number of nitrogens with two attached hydrogens (primary N) is 1. The van der Waals surface area contributed by atoms with Gasteiger partial charge in [-0.3, -0.25) is 10.1 Å². The minimum atomic E-state index is -3.92. The minimum Gasteiger partial charge on any atom is -0.748 e. The highest BCUT2D eigenvalue weighted by Gasteiger charge is 2.13. The van der Waals surface area contributed by atoms with Crippen LogP contribution < -0.4 is 5.73 Å². The van der Waals surface area contributed by atoms with Gasteiger partial charge in [0.15, 0.2) is 18.6 Å². The lowest BCUT2D eigenvalue weighted by molar-refractivity contribution is -0.445. The number of rotatable bonds is 3. The summed E-state index contributed by atoms with van der Waals surface area (Å²) in [6.45, 7) is 1.87. The Bertz CT molecular complexity index is 1070. The molecule has 0 aliphatic heterocycles. The second kappa shape index (κ2) is 12.8. The molecule has 0 fully saturated rings. The van der Waals surface area contributed by atoms with Crippen molar-refractivity contribution in [2.24, 2.45) is 10.2 Å². The number of hydrogen-bond donors (Lipinski definition) is 1. The summed E-state index contributed by atoms with van der Waals surface area (Å²) in [6, 6.07) is 19.3. The molecule has 3 aromatic rings. The zero-order chi connectivity index (χ0) is 22.7. The van der Waals surface area contributed by atoms with Crippen molar-refractivity contribution >= 4 is 27.3 Å². The molecule has 0 spiro atoms. The van der Waals surface area contributed by atoms with Gasteiger partial charge < -0.3 is 10.3 Å². The lowest BCUT2D eigenvalue weighted by Gasteiger charge is -2.02. The monoisotopic (exact) mass is 449 g/mol. The van der Waals surface area contributed by atoms with Crippen LogP contribution in [0.3, 0.4) is 0 Å². The number of nitrogen functional groups attached to an aromatic ring is 1. The summed E-state index contributed by atoms with van der Waals surface area (Å²) in [5, 5.41) is 21.7. The Morgan fingerprint density at radius 3 is 1.90 bits per heavy atom. The van der Waals surface area contributed by atoms with Gasteiger partial charge in [0.1, 0.15) is 0 Å². The van der Waals surface area contributed by atoms with E-state index in [9.17, 15) is 0 Å². The molecule has 31 heavy (non-hydrogen) atoms. The number of benzene rings is 2. The molecule has 11 nitrogen and oxygen atoms in total. The third-order valence-corrected chi connectivity index (χ3v) is 3.09. The summed E-state index contributed by atoms with van der Waals surface area (Å²) in [5.74, 6) is 0.485. The molecule has 168 valence electrons. The van der Waals surface area contributed by atoms with E-state index >= 15 is 0 Å². The van der Waals surface area contributed by atoms with Crippen molar-refractivity contribution in [3.63, 3.8) is 0 Å². The van der Waals surface area contributed by atoms with Crippen LogP contribution in [0.4, 0.5) is 17.2 Å². The normalized spacial score (nSPS) is 10.2. The molecule has 0 atom stereocenters. The van der Waals surface area contributed by atoms with E-state index in [1.807, 2.05) is 67.6 Å². The molecule has 2 N–H and O–H groups in total. The van der Waals surface area contributed by atoms with Crippen molar-refractivity contribution in [2.75, 3.05) is 19.0 Å². The first-order valence-electron chi connectivity index (χ1n) is 8.35. The third-order valence-electron chi connectivity index (χ3n) is 3.09. The van der Waals surface area contributed by atoms with E-state index in [-0.39, 0.29) is 7.43 Å². The van der Waals surface area contributed by atoms with Crippen LogP contribution >= 0.6 is 0 Å². The quantitative estimate of drug-likeness (QED) is 0.274. The summed E-state index contributed by atoms with van der Waals surface area (Å²) in [7, 11) is -3.03. The molecule has 1 aromatic heterocycles. The van der Waals surface area contributed by atoms with Gasteiger partial charge in [-0.1, -0.05) is 43.8 Å². The Hall–Kier alpha value is -3.64. The van der Waals surface area contributed by atoms with Gasteiger partial charge in [0, 0.05) is 11.2 Å². The van der Waals surface area contributed by atoms with Gasteiger partial charge >= 0.3 is 0 Å². The first kappa shape index (κ1) is 27.4. The van der Waals surface area contributed by atoms with Crippen LogP contribution in [-0.2, 0) is 10.1 Å². The highest BCUT2D eigenvalue weighted by molar-refractivity contribution is 7.84. The van der Waals surface area contributed by atoms with Gasteiger partial charge in [-0.25, -0.2) is 13.1 Å². The van der Waals surface area contributed by atoms with Crippen LogP contribution in [0.1, 0.15) is 13.1 Å². The third kappa shape index (κ3) is 11.2. The number of nitro groups is 1. The summed E-state index contributed by atoms with van der Waals surface area (Å²) in [6.07, 6.45) is 0.604. The minimum absolute atomic E-state index is 0. The zero-order valence-electron chi connectivity index (χ0n) is 16.5. The molecule has 12 heteroatoms. The molecule has 0 aliphatic rings. The number of aromatic nitrogens is 2. The van der Waals surface area contributed by atoms with Gasteiger partial charge in [-0.15, -0.1) is 5.11 Å². The van der Waals surface area contributed by atoms with Crippen molar-refractivity contribution in [1.82, 2.24) is 9.78 Å². The average Bonchev–Trinajstić information content (AvgIpc) is 2.94. The maximum atomic E-state index is 9.08. The Labute approximate surface area is 181 Å². The molecule has 0 unspecified atom stereocenters. The zero-order valence-corrected chi connectivity index (χ0v) is 17.4. The fourth-order valence-corrected chi connectivity index (χ4v) is 2.03. The van der Waals surface area contributed by atoms with Crippen molar-refractivity contribution in [1.29, 1.82) is 0 Å². The summed E-state index contributed by atoms with van der Waals surface area (Å²) >= 11 is 0. The van der Waals surface area contributed by atoms with E-state index in [1.54, 1.807) is 4.68 Å². The first-order valence-corrected chi connectivity index (χ1v) is 10.2. The number of hydrogen-bond acceptors (Lipinski definition) is 9. The van der Waals surface area contributed by atoms with Crippen LogP contribution in [-0.4, -0.2) is 41.0 Å². The van der Waals surface area contributed by atoms with Gasteiger partial charge in [-0.2, -0.15) is 10.2 Å². The van der Waals surface area contributed by atoms with Gasteiger partial charge in [0.2, 0.25) is 0 Å². The molecule has 3 rings (SSSR count). The maximum Gasteiger partial charge on any atom is 0.194 e. The summed E-state index contributed by atoms with van der Waals surface area (Å²) in [4.78, 5) is 8.31. The molecule has 0 aliphatic carbocycles. The maximum absolute atomic E-state index is 9.08. The number of azo groups is 1. The highest BCUT2D eigenvalue weighted by atomic mass is 32.2. The number of nitrogens with zero attached hydrogens (tertiary/aromatic N) is 5. The summed E-state index contributed by atoms with van der Waals surface area (Å²) in [5.41, 5.74) is 9.18. The van der Waals surface area contributed by atoms with E-state index in [0.29, 0.717) is 17.8 Å². The SMILES string of the molecule is C.CS(=O)(=O)[O-].C[N+](=O)[O-].Cc1nn(-c2ccccc2)c(N)c1N=Nc1ccccc1. The fraction of sp³-hybridized carbons (Fsp3) is 0.211. The molecule has 0 amide bonds. The Balaban J connectivity index is 0.000000769. The van der Waals surface area contributed by atoms with Crippen molar-refractivity contribution in [3.05, 3.63) is 76.5 Å². The molecular weight excluding hydrogens is 424 g/mol. The Kier molecular flexibility index (Phi) is 11.3. The van der Waals surface area contributed by atoms with E-state index in [2.05, 4.69) is 15.3 Å². The van der Waals surface area contributed by atoms with E-state index in [0.717, 1.165) is 24.1 Å². The number of anilines is 1. The molecule has 0 saturated carbocycles. The fourth-order valence-electron chi connectivity index (χ4n) is 2.03. The van der Waals surface area contributed by atoms with Crippen molar-refractivity contribution in [3.8, 4) is 5.69 Å². The van der Waals surface area contributed by atoms with Crippen molar-refractivity contribution in [2.45, 2.75) is 14.4 Å². The van der Waals surface area contributed by atoms with Crippen molar-refractivity contribution < 1.29 is 17.9 Å². The van der Waals surface area contributed by atoms with Gasteiger partial charge in [0.05, 0.1) is 27.2 Å². The Morgan fingerprint density at radius 2 is 1.45 bits per heavy atom. The molecule has 0 radical (unpaired) electrons. The van der Waals surface area contributed by atoms with Crippen LogP contribution in [0.2, 0.25) is 0 Å². The number of para-hydroxylation sites is 1. The molecule has 2 aromatic carbocycles. The lowest BCUT2D eigenvalue weighted by atomic mass is 10.3. The van der Waals surface area contributed by atoms with Crippen LogP contribution in [0.15, 0.2) is 70.9 Å². The van der Waals surface area contributed by atoms with E-state index in [4.69, 9.17) is 28.8 Å². The van der Waals surface area contributed by atoms with Crippen LogP contribution in [0.25, 0.3) is 5.69 Å². The average molecular weight is 450 g/mol. The standard InChI is InChI=1S/C16H15N5.CH3NO2.CH4O3S.CH4/c1-12-15(19-18-13-8-4-2-5-9-13)16(17)21(20-12)14-10-6-3-7-11-14;1-2(3)4;1-5(2,3)4;/h2-11H,17H2,1H3;1H3;1H3,(H,2,3,4);1H4/p-1. The predicted molar refractivity (Wildman–Crippen MR) is 119 cm³/mol. The Morgan fingerprint density at radius 1 is 1.03 bits per heavy atom. The highest BCUT2D eigenvalue weighted by Crippen LogP contribution is 2.30. The summed E-state index contributed by atoms with van der Waals surface area (Å²) < 4.78 is 28.9. The second-order valence-corrected chi connectivity index (χ2v) is 7.15. The largest absolute Gasteiger partial charge is 0.748 e.